The molecule has 0 fully saturated rings. The number of amides is 1. The number of nitrogens with zero attached hydrogens (tertiary/aromatic N) is 2. The third-order valence-electron chi connectivity index (χ3n) is 3.31. The van der Waals surface area contributed by atoms with Gasteiger partial charge in [-0.05, 0) is 30.7 Å². The Morgan fingerprint density at radius 3 is 2.62 bits per heavy atom. The van der Waals surface area contributed by atoms with Crippen LogP contribution in [0.15, 0.2) is 41.6 Å². The number of halogens is 2. The van der Waals surface area contributed by atoms with Crippen molar-refractivity contribution >= 4 is 21.4 Å². The van der Waals surface area contributed by atoms with Crippen LogP contribution in [0.25, 0.3) is 0 Å². The van der Waals surface area contributed by atoms with Crippen LogP contribution in [0, 0.1) is 0 Å². The zero-order valence-electron chi connectivity index (χ0n) is 14.1. The molecule has 0 radical (unpaired) electrons. The summed E-state index contributed by atoms with van der Waals surface area (Å²) >= 11 is 0. The summed E-state index contributed by atoms with van der Waals surface area (Å²) in [5.41, 5.74) is 0.355. The quantitative estimate of drug-likeness (QED) is 0.667. The average Bonchev–Trinajstić information content (AvgIpc) is 2.97. The van der Waals surface area contributed by atoms with E-state index in [1.807, 2.05) is 0 Å². The fourth-order valence-corrected chi connectivity index (χ4v) is 2.73. The maximum absolute atomic E-state index is 12.2. The van der Waals surface area contributed by atoms with Crippen molar-refractivity contribution < 1.29 is 26.7 Å². The second-order valence-corrected chi connectivity index (χ2v) is 7.60. The van der Waals surface area contributed by atoms with Gasteiger partial charge in [-0.25, -0.2) is 17.2 Å². The van der Waals surface area contributed by atoms with Gasteiger partial charge in [-0.1, -0.05) is 0 Å². The van der Waals surface area contributed by atoms with Gasteiger partial charge in [0.1, 0.15) is 12.3 Å². The van der Waals surface area contributed by atoms with Crippen LogP contribution in [0.1, 0.15) is 12.8 Å². The second-order valence-electron chi connectivity index (χ2n) is 5.59. The highest BCUT2D eigenvalue weighted by Crippen LogP contribution is 2.16. The van der Waals surface area contributed by atoms with Gasteiger partial charge in [0.2, 0.25) is 5.91 Å². The Morgan fingerprint density at radius 2 is 2.00 bits per heavy atom. The third-order valence-corrected chi connectivity index (χ3v) is 4.44. The molecule has 0 aliphatic carbocycles. The molecule has 1 aromatic heterocycles. The smallest absolute Gasteiger partial charge is 0.257 e. The number of aromatic nitrogens is 2. The summed E-state index contributed by atoms with van der Waals surface area (Å²) in [4.78, 5) is 12.0. The molecule has 2 aromatic rings. The minimum atomic E-state index is -3.25. The highest BCUT2D eigenvalue weighted by molar-refractivity contribution is 7.90. The van der Waals surface area contributed by atoms with E-state index in [1.54, 1.807) is 12.1 Å². The summed E-state index contributed by atoms with van der Waals surface area (Å²) in [6.45, 7) is -0.252. The van der Waals surface area contributed by atoms with E-state index < -0.39 is 22.8 Å². The number of benzene rings is 1. The van der Waals surface area contributed by atoms with Gasteiger partial charge in [-0.2, -0.15) is 5.10 Å². The number of sulfone groups is 1. The van der Waals surface area contributed by atoms with Crippen LogP contribution in [-0.4, -0.2) is 43.4 Å². The van der Waals surface area contributed by atoms with E-state index in [4.69, 9.17) is 4.74 Å². The Labute approximate surface area is 149 Å². The molecule has 26 heavy (non-hydrogen) atoms. The monoisotopic (exact) mass is 387 g/mol. The molecule has 0 atom stereocenters. The van der Waals surface area contributed by atoms with Crippen LogP contribution in [0.3, 0.4) is 0 Å². The van der Waals surface area contributed by atoms with E-state index in [2.05, 4.69) is 10.4 Å². The maximum Gasteiger partial charge on any atom is 0.257 e. The lowest BCUT2D eigenvalue weighted by molar-refractivity contribution is -0.116. The molecule has 0 aliphatic heterocycles. The Morgan fingerprint density at radius 1 is 1.31 bits per heavy atom. The van der Waals surface area contributed by atoms with E-state index in [1.165, 1.54) is 24.5 Å². The first-order valence-corrected chi connectivity index (χ1v) is 9.66. The predicted octanol–water partition coefficient (Wildman–Crippen LogP) is 2.35. The van der Waals surface area contributed by atoms with E-state index in [9.17, 15) is 22.0 Å². The van der Waals surface area contributed by atoms with Gasteiger partial charge < -0.3 is 10.1 Å². The van der Waals surface area contributed by atoms with Crippen molar-refractivity contribution in [2.24, 2.45) is 0 Å². The molecule has 2 rings (SSSR count). The Hall–Kier alpha value is -2.49. The summed E-state index contributed by atoms with van der Waals surface area (Å²) in [5.74, 6) is 0.226. The van der Waals surface area contributed by atoms with Crippen LogP contribution in [0.4, 0.5) is 14.5 Å². The lowest BCUT2D eigenvalue weighted by Gasteiger charge is -2.07. The van der Waals surface area contributed by atoms with Crippen molar-refractivity contribution in [3.8, 4) is 5.75 Å². The van der Waals surface area contributed by atoms with Crippen LogP contribution in [0.2, 0.25) is 0 Å². The largest absolute Gasteiger partial charge is 0.494 e. The molecule has 1 aromatic carbocycles. The van der Waals surface area contributed by atoms with Crippen LogP contribution in [0.5, 0.6) is 5.75 Å². The summed E-state index contributed by atoms with van der Waals surface area (Å²) in [7, 11) is -3.25. The van der Waals surface area contributed by atoms with Crippen molar-refractivity contribution in [2.75, 3.05) is 18.2 Å². The standard InChI is InChI=1S/C16H19F2N3O4S/c1-26(23,24)14-6-4-13(5-7-14)25-8-2-3-16(22)20-12-9-19-21(10-12)11-15(17)18/h4-7,9-10,15H,2-3,8,11H2,1H3,(H,20,22). The minimum absolute atomic E-state index is 0.182. The molecule has 1 heterocycles. The van der Waals surface area contributed by atoms with Crippen molar-refractivity contribution in [3.63, 3.8) is 0 Å². The molecular weight excluding hydrogens is 368 g/mol. The number of carbonyl (C=O) groups excluding carboxylic acids is 1. The molecule has 0 spiro atoms. The van der Waals surface area contributed by atoms with Crippen molar-refractivity contribution in [1.29, 1.82) is 0 Å². The van der Waals surface area contributed by atoms with Crippen molar-refractivity contribution in [3.05, 3.63) is 36.7 Å². The van der Waals surface area contributed by atoms with Crippen LogP contribution >= 0.6 is 0 Å². The highest BCUT2D eigenvalue weighted by Gasteiger charge is 2.09. The maximum atomic E-state index is 12.2. The minimum Gasteiger partial charge on any atom is -0.494 e. The highest BCUT2D eigenvalue weighted by atomic mass is 32.2. The zero-order chi connectivity index (χ0) is 19.2. The van der Waals surface area contributed by atoms with Gasteiger partial charge in [0.25, 0.3) is 6.43 Å². The van der Waals surface area contributed by atoms with E-state index in [0.717, 1.165) is 10.9 Å². The average molecular weight is 387 g/mol. The number of hydrogen-bond acceptors (Lipinski definition) is 5. The number of nitrogens with one attached hydrogen (secondary N) is 1. The molecule has 1 N–H and O–H groups in total. The van der Waals surface area contributed by atoms with E-state index in [0.29, 0.717) is 17.9 Å². The van der Waals surface area contributed by atoms with Gasteiger partial charge in [0.05, 0.1) is 23.4 Å². The topological polar surface area (TPSA) is 90.3 Å². The molecule has 10 heteroatoms. The fourth-order valence-electron chi connectivity index (χ4n) is 2.10. The normalized spacial score (nSPS) is 11.5. The number of hydrogen-bond donors (Lipinski definition) is 1. The van der Waals surface area contributed by atoms with Gasteiger partial charge in [-0.15, -0.1) is 0 Å². The van der Waals surface area contributed by atoms with Gasteiger partial charge >= 0.3 is 0 Å². The SMILES string of the molecule is CS(=O)(=O)c1ccc(OCCCC(=O)Nc2cnn(CC(F)F)c2)cc1. The molecule has 0 unspecified atom stereocenters. The molecule has 0 aliphatic rings. The van der Waals surface area contributed by atoms with Crippen LogP contribution < -0.4 is 10.1 Å². The predicted molar refractivity (Wildman–Crippen MR) is 91.1 cm³/mol. The van der Waals surface area contributed by atoms with Gasteiger partial charge in [0, 0.05) is 18.9 Å². The summed E-state index contributed by atoms with van der Waals surface area (Å²) < 4.78 is 53.7. The second kappa shape index (κ2) is 8.75. The third kappa shape index (κ3) is 6.43. The van der Waals surface area contributed by atoms with Crippen molar-refractivity contribution in [2.45, 2.75) is 30.7 Å². The van der Waals surface area contributed by atoms with E-state index in [-0.39, 0.29) is 23.8 Å². The molecular formula is C16H19F2N3O4S. The number of ether oxygens (including phenoxy) is 1. The van der Waals surface area contributed by atoms with Gasteiger partial charge in [0.15, 0.2) is 9.84 Å². The molecule has 0 bridgehead atoms. The lowest BCUT2D eigenvalue weighted by atomic mass is 10.3. The molecule has 7 nitrogen and oxygen atoms in total. The first kappa shape index (κ1) is 19.8. The van der Waals surface area contributed by atoms with Crippen molar-refractivity contribution in [1.82, 2.24) is 9.78 Å². The molecule has 142 valence electrons. The summed E-state index contributed by atoms with van der Waals surface area (Å²) in [5, 5.41) is 6.29. The van der Waals surface area contributed by atoms with Crippen LogP contribution in [-0.2, 0) is 21.2 Å². The van der Waals surface area contributed by atoms with E-state index >= 15 is 0 Å². The number of anilines is 1. The Kier molecular flexibility index (Phi) is 6.67. The summed E-state index contributed by atoms with van der Waals surface area (Å²) in [6, 6.07) is 6.00. The number of rotatable bonds is 9. The lowest BCUT2D eigenvalue weighted by Crippen LogP contribution is -2.12. The Bertz CT molecular complexity index is 835. The first-order chi connectivity index (χ1) is 12.2. The zero-order valence-corrected chi connectivity index (χ0v) is 14.9. The van der Waals surface area contributed by atoms with Gasteiger partial charge in [-0.3, -0.25) is 9.48 Å². The number of alkyl halides is 2. The Balaban J connectivity index is 1.71. The molecule has 0 saturated heterocycles. The summed E-state index contributed by atoms with van der Waals surface area (Å²) in [6.07, 6.45) is 1.87. The molecule has 0 saturated carbocycles. The fraction of sp³-hybridized carbons (Fsp3) is 0.375. The molecule has 1 amide bonds. The number of carbonyl (C=O) groups is 1. The first-order valence-electron chi connectivity index (χ1n) is 7.77.